The van der Waals surface area contributed by atoms with E-state index in [0.29, 0.717) is 11.1 Å². The molecule has 4 nitrogen and oxygen atoms in total. The highest BCUT2D eigenvalue weighted by Crippen LogP contribution is 2.23. The zero-order valence-electron chi connectivity index (χ0n) is 9.82. The molecule has 0 saturated heterocycles. The monoisotopic (exact) mass is 281 g/mol. The topological polar surface area (TPSA) is 80.4 Å². The van der Waals surface area contributed by atoms with Gasteiger partial charge in [-0.3, -0.25) is 0 Å². The van der Waals surface area contributed by atoms with Gasteiger partial charge < -0.3 is 5.11 Å². The van der Waals surface area contributed by atoms with Gasteiger partial charge in [0.25, 0.3) is 0 Å². The summed E-state index contributed by atoms with van der Waals surface area (Å²) in [6.07, 6.45) is -1.04. The second kappa shape index (κ2) is 5.08. The van der Waals surface area contributed by atoms with E-state index in [-0.39, 0.29) is 4.90 Å². The third-order valence-electron chi connectivity index (χ3n) is 2.69. The molecule has 100 valence electrons. The average Bonchev–Trinajstić information content (AvgIpc) is 2.38. The maximum atomic E-state index is 12.8. The number of primary sulfonamides is 1. The molecular formula is C13H12FNO3S. The summed E-state index contributed by atoms with van der Waals surface area (Å²) >= 11 is 0. The van der Waals surface area contributed by atoms with Crippen molar-refractivity contribution in [1.82, 2.24) is 0 Å². The Kier molecular flexibility index (Phi) is 3.66. The highest BCUT2D eigenvalue weighted by atomic mass is 32.2. The van der Waals surface area contributed by atoms with Crippen LogP contribution in [0.1, 0.15) is 17.2 Å². The maximum absolute atomic E-state index is 12.8. The molecule has 0 radical (unpaired) electrons. The van der Waals surface area contributed by atoms with Gasteiger partial charge in [0.1, 0.15) is 11.9 Å². The molecule has 0 fully saturated rings. The van der Waals surface area contributed by atoms with Gasteiger partial charge in [0.05, 0.1) is 4.90 Å². The number of sulfonamides is 1. The van der Waals surface area contributed by atoms with E-state index in [2.05, 4.69) is 0 Å². The summed E-state index contributed by atoms with van der Waals surface area (Å²) in [6, 6.07) is 11.0. The fraction of sp³-hybridized carbons (Fsp3) is 0.0769. The van der Waals surface area contributed by atoms with Crippen LogP contribution in [0.3, 0.4) is 0 Å². The number of hydrogen-bond donors (Lipinski definition) is 2. The quantitative estimate of drug-likeness (QED) is 0.895. The highest BCUT2D eigenvalue weighted by Gasteiger charge is 2.14. The zero-order valence-corrected chi connectivity index (χ0v) is 10.6. The van der Waals surface area contributed by atoms with Crippen molar-refractivity contribution < 1.29 is 17.9 Å². The summed E-state index contributed by atoms with van der Waals surface area (Å²) in [5, 5.41) is 15.1. The summed E-state index contributed by atoms with van der Waals surface area (Å²) in [7, 11) is -3.82. The minimum absolute atomic E-state index is 0.0776. The van der Waals surface area contributed by atoms with Crippen molar-refractivity contribution in [3.05, 3.63) is 65.5 Å². The minimum Gasteiger partial charge on any atom is -0.384 e. The third-order valence-corrected chi connectivity index (χ3v) is 3.60. The van der Waals surface area contributed by atoms with Gasteiger partial charge in [0.15, 0.2) is 0 Å². The van der Waals surface area contributed by atoms with Crippen LogP contribution in [-0.2, 0) is 10.0 Å². The van der Waals surface area contributed by atoms with Crippen LogP contribution >= 0.6 is 0 Å². The molecule has 0 aromatic heterocycles. The van der Waals surface area contributed by atoms with E-state index in [1.54, 1.807) is 6.07 Å². The van der Waals surface area contributed by atoms with Gasteiger partial charge in [-0.25, -0.2) is 17.9 Å². The molecule has 0 saturated carbocycles. The van der Waals surface area contributed by atoms with E-state index in [1.165, 1.54) is 42.5 Å². The number of nitrogens with two attached hydrogens (primary N) is 1. The van der Waals surface area contributed by atoms with Gasteiger partial charge in [-0.2, -0.15) is 0 Å². The van der Waals surface area contributed by atoms with Gasteiger partial charge in [-0.1, -0.05) is 24.3 Å². The van der Waals surface area contributed by atoms with Gasteiger partial charge in [0.2, 0.25) is 10.0 Å². The molecule has 2 aromatic rings. The van der Waals surface area contributed by atoms with Crippen molar-refractivity contribution in [3.8, 4) is 0 Å². The lowest BCUT2D eigenvalue weighted by atomic mass is 10.0. The summed E-state index contributed by atoms with van der Waals surface area (Å²) in [4.78, 5) is -0.0776. The molecule has 1 unspecified atom stereocenters. The Labute approximate surface area is 110 Å². The lowest BCUT2D eigenvalue weighted by Gasteiger charge is -2.12. The Morgan fingerprint density at radius 2 is 1.68 bits per heavy atom. The highest BCUT2D eigenvalue weighted by molar-refractivity contribution is 7.89. The van der Waals surface area contributed by atoms with Crippen molar-refractivity contribution in [2.24, 2.45) is 5.14 Å². The largest absolute Gasteiger partial charge is 0.384 e. The van der Waals surface area contributed by atoms with Crippen LogP contribution in [0.4, 0.5) is 4.39 Å². The molecule has 2 rings (SSSR count). The van der Waals surface area contributed by atoms with Gasteiger partial charge in [-0.05, 0) is 35.4 Å². The van der Waals surface area contributed by atoms with Crippen LogP contribution in [0.2, 0.25) is 0 Å². The smallest absolute Gasteiger partial charge is 0.238 e. The van der Waals surface area contributed by atoms with Gasteiger partial charge in [-0.15, -0.1) is 0 Å². The van der Waals surface area contributed by atoms with Crippen LogP contribution in [0, 0.1) is 5.82 Å². The molecular weight excluding hydrogens is 269 g/mol. The minimum atomic E-state index is -3.82. The van der Waals surface area contributed by atoms with Crippen LogP contribution in [0.25, 0.3) is 0 Å². The SMILES string of the molecule is NS(=O)(=O)c1cccc(C(O)c2ccc(F)cc2)c1. The first-order chi connectivity index (χ1) is 8.88. The first kappa shape index (κ1) is 13.7. The Morgan fingerprint density at radius 3 is 2.26 bits per heavy atom. The Bertz CT molecular complexity index is 683. The van der Waals surface area contributed by atoms with Crippen LogP contribution in [-0.4, -0.2) is 13.5 Å². The molecule has 0 heterocycles. The Morgan fingerprint density at radius 1 is 1.05 bits per heavy atom. The van der Waals surface area contributed by atoms with E-state index in [1.807, 2.05) is 0 Å². The van der Waals surface area contributed by atoms with Crippen molar-refractivity contribution in [3.63, 3.8) is 0 Å². The molecule has 0 spiro atoms. The molecule has 19 heavy (non-hydrogen) atoms. The standard InChI is InChI=1S/C13H12FNO3S/c14-11-6-4-9(5-7-11)13(16)10-2-1-3-12(8-10)19(15,17)18/h1-8,13,16H,(H2,15,17,18). The lowest BCUT2D eigenvalue weighted by molar-refractivity contribution is 0.220. The second-order valence-corrected chi connectivity index (χ2v) is 5.63. The molecule has 1 atom stereocenters. The summed E-state index contributed by atoms with van der Waals surface area (Å²) < 4.78 is 35.3. The number of rotatable bonds is 3. The first-order valence-electron chi connectivity index (χ1n) is 5.44. The predicted molar refractivity (Wildman–Crippen MR) is 68.3 cm³/mol. The summed E-state index contributed by atoms with van der Waals surface area (Å²) in [5.74, 6) is -0.408. The molecule has 2 aromatic carbocycles. The predicted octanol–water partition coefficient (Wildman–Crippen LogP) is 1.55. The molecule has 0 aliphatic heterocycles. The third kappa shape index (κ3) is 3.17. The second-order valence-electron chi connectivity index (χ2n) is 4.07. The van der Waals surface area contributed by atoms with E-state index in [9.17, 15) is 17.9 Å². The van der Waals surface area contributed by atoms with Crippen molar-refractivity contribution in [1.29, 1.82) is 0 Å². The number of hydrogen-bond acceptors (Lipinski definition) is 3. The zero-order chi connectivity index (χ0) is 14.0. The van der Waals surface area contributed by atoms with Crippen molar-refractivity contribution in [2.75, 3.05) is 0 Å². The van der Waals surface area contributed by atoms with E-state index in [0.717, 1.165) is 0 Å². The molecule has 0 aliphatic rings. The van der Waals surface area contributed by atoms with E-state index < -0.39 is 21.9 Å². The molecule has 0 aliphatic carbocycles. The summed E-state index contributed by atoms with van der Waals surface area (Å²) in [5.41, 5.74) is 0.839. The maximum Gasteiger partial charge on any atom is 0.238 e. The lowest BCUT2D eigenvalue weighted by Crippen LogP contribution is -2.12. The normalized spacial score (nSPS) is 13.2. The molecule has 0 bridgehead atoms. The van der Waals surface area contributed by atoms with Crippen molar-refractivity contribution >= 4 is 10.0 Å². The fourth-order valence-electron chi connectivity index (χ4n) is 1.70. The molecule has 3 N–H and O–H groups in total. The Hall–Kier alpha value is -1.76. The first-order valence-corrected chi connectivity index (χ1v) is 6.99. The van der Waals surface area contributed by atoms with Gasteiger partial charge in [0, 0.05) is 0 Å². The van der Waals surface area contributed by atoms with E-state index in [4.69, 9.17) is 5.14 Å². The number of aliphatic hydroxyl groups is 1. The fourth-order valence-corrected chi connectivity index (χ4v) is 2.27. The van der Waals surface area contributed by atoms with E-state index >= 15 is 0 Å². The number of aliphatic hydroxyl groups excluding tert-OH is 1. The number of halogens is 1. The molecule has 0 amide bonds. The number of benzene rings is 2. The van der Waals surface area contributed by atoms with Crippen LogP contribution in [0.5, 0.6) is 0 Å². The van der Waals surface area contributed by atoms with Crippen LogP contribution in [0.15, 0.2) is 53.4 Å². The van der Waals surface area contributed by atoms with Gasteiger partial charge >= 0.3 is 0 Å². The van der Waals surface area contributed by atoms with Crippen LogP contribution < -0.4 is 5.14 Å². The average molecular weight is 281 g/mol. The Balaban J connectivity index is 2.39. The van der Waals surface area contributed by atoms with Crippen molar-refractivity contribution in [2.45, 2.75) is 11.0 Å². The molecule has 6 heteroatoms. The summed E-state index contributed by atoms with van der Waals surface area (Å²) in [6.45, 7) is 0.